The molecular formula is C34H40F3N3O. The Morgan fingerprint density at radius 2 is 1.68 bits per heavy atom. The van der Waals surface area contributed by atoms with Crippen molar-refractivity contribution in [3.8, 4) is 5.75 Å². The first-order valence-electron chi connectivity index (χ1n) is 14.9. The van der Waals surface area contributed by atoms with Gasteiger partial charge in [-0.3, -0.25) is 4.90 Å². The number of fused-ring (bicyclic) bond motifs is 1. The molecule has 0 amide bonds. The van der Waals surface area contributed by atoms with E-state index in [-0.39, 0.29) is 12.1 Å². The first-order chi connectivity index (χ1) is 19.7. The van der Waals surface area contributed by atoms with Crippen LogP contribution in [0.25, 0.3) is 0 Å². The molecule has 41 heavy (non-hydrogen) atoms. The largest absolute Gasteiger partial charge is 0.489 e. The molecule has 1 atom stereocenters. The van der Waals surface area contributed by atoms with Crippen molar-refractivity contribution in [2.75, 3.05) is 44.2 Å². The van der Waals surface area contributed by atoms with Gasteiger partial charge in [-0.25, -0.2) is 13.2 Å². The van der Waals surface area contributed by atoms with E-state index in [4.69, 9.17) is 4.74 Å². The van der Waals surface area contributed by atoms with E-state index < -0.39 is 23.3 Å². The van der Waals surface area contributed by atoms with Gasteiger partial charge in [0.2, 0.25) is 0 Å². The molecule has 3 aromatic rings. The lowest BCUT2D eigenvalue weighted by molar-refractivity contribution is 0.0972. The number of anilines is 1. The highest BCUT2D eigenvalue weighted by Gasteiger charge is 2.39. The Hall–Kier alpha value is -3.03. The summed E-state index contributed by atoms with van der Waals surface area (Å²) in [4.78, 5) is 3.98. The Labute approximate surface area is 241 Å². The van der Waals surface area contributed by atoms with E-state index in [9.17, 15) is 4.39 Å². The second kappa shape index (κ2) is 11.3. The zero-order valence-corrected chi connectivity index (χ0v) is 24.1. The van der Waals surface area contributed by atoms with Gasteiger partial charge in [0.15, 0.2) is 0 Å². The van der Waals surface area contributed by atoms with Crippen molar-refractivity contribution in [2.45, 2.75) is 57.8 Å². The minimum Gasteiger partial charge on any atom is -0.489 e. The van der Waals surface area contributed by atoms with Gasteiger partial charge in [-0.2, -0.15) is 0 Å². The lowest BCUT2D eigenvalue weighted by atomic mass is 9.77. The highest BCUT2D eigenvalue weighted by Crippen LogP contribution is 2.42. The fourth-order valence-corrected chi connectivity index (χ4v) is 6.95. The topological polar surface area (TPSA) is 27.7 Å². The number of hydrogen-bond acceptors (Lipinski definition) is 4. The van der Waals surface area contributed by atoms with Crippen LogP contribution >= 0.6 is 0 Å². The Kier molecular flexibility index (Phi) is 7.77. The van der Waals surface area contributed by atoms with Gasteiger partial charge in [-0.1, -0.05) is 36.4 Å². The molecule has 0 saturated carbocycles. The van der Waals surface area contributed by atoms with E-state index >= 15 is 8.78 Å². The molecule has 0 bridgehead atoms. The van der Waals surface area contributed by atoms with Crippen LogP contribution in [0, 0.1) is 17.0 Å². The molecule has 1 N–H and O–H groups in total. The Morgan fingerprint density at radius 3 is 2.34 bits per heavy atom. The molecular weight excluding hydrogens is 523 g/mol. The zero-order valence-electron chi connectivity index (χ0n) is 24.1. The van der Waals surface area contributed by atoms with Crippen LogP contribution in [0.4, 0.5) is 18.9 Å². The molecule has 7 heteroatoms. The van der Waals surface area contributed by atoms with Crippen LogP contribution in [0.1, 0.15) is 61.4 Å². The summed E-state index contributed by atoms with van der Waals surface area (Å²) < 4.78 is 53.0. The standard InChI is InChI=1S/C34H40F3N3O/c1-33(2,37)23-40-15-10-25-18-27(41-21-24-6-4-3-5-7-24)8-9-28(25)32(40)31-29(35)19-26(20-30(31)36)39-16-12-34(13-17-39)11-14-38-22-34/h3-9,18-20,32,38H,10-17,21-23H2,1-2H3. The van der Waals surface area contributed by atoms with E-state index in [2.05, 4.69) is 10.2 Å². The predicted molar refractivity (Wildman–Crippen MR) is 157 cm³/mol. The third-order valence-corrected chi connectivity index (χ3v) is 9.13. The summed E-state index contributed by atoms with van der Waals surface area (Å²) in [5.41, 5.74) is 2.22. The smallest absolute Gasteiger partial charge is 0.133 e. The summed E-state index contributed by atoms with van der Waals surface area (Å²) in [6.07, 6.45) is 3.86. The molecule has 6 rings (SSSR count). The minimum absolute atomic E-state index is 0.00891. The summed E-state index contributed by atoms with van der Waals surface area (Å²) in [6, 6.07) is 17.9. The first kappa shape index (κ1) is 28.1. The number of nitrogens with zero attached hydrogens (tertiary/aromatic N) is 2. The second-order valence-electron chi connectivity index (χ2n) is 12.7. The number of nitrogens with one attached hydrogen (secondary N) is 1. The maximum atomic E-state index is 16.0. The van der Waals surface area contributed by atoms with Crippen molar-refractivity contribution in [1.29, 1.82) is 0 Å². The number of piperidine rings is 1. The Bertz CT molecular complexity index is 1330. The van der Waals surface area contributed by atoms with Crippen molar-refractivity contribution in [1.82, 2.24) is 10.2 Å². The fraction of sp³-hybridized carbons (Fsp3) is 0.471. The molecule has 3 heterocycles. The van der Waals surface area contributed by atoms with E-state index in [1.807, 2.05) is 53.4 Å². The van der Waals surface area contributed by atoms with Gasteiger partial charge in [0.05, 0.1) is 6.04 Å². The molecule has 0 aliphatic carbocycles. The molecule has 3 aliphatic heterocycles. The van der Waals surface area contributed by atoms with Gasteiger partial charge in [0, 0.05) is 44.0 Å². The third-order valence-electron chi connectivity index (χ3n) is 9.13. The van der Waals surface area contributed by atoms with Crippen LogP contribution in [-0.4, -0.2) is 49.8 Å². The SMILES string of the molecule is CC(C)(F)CN1CCc2cc(OCc3ccccc3)ccc2C1c1c(F)cc(N2CCC3(CCNC3)CC2)cc1F. The van der Waals surface area contributed by atoms with E-state index in [0.717, 1.165) is 55.7 Å². The summed E-state index contributed by atoms with van der Waals surface area (Å²) in [5, 5.41) is 3.47. The number of halogens is 3. The van der Waals surface area contributed by atoms with Gasteiger partial charge >= 0.3 is 0 Å². The lowest BCUT2D eigenvalue weighted by Crippen LogP contribution is -2.43. The molecule has 4 nitrogen and oxygen atoms in total. The maximum Gasteiger partial charge on any atom is 0.133 e. The number of alkyl halides is 1. The molecule has 1 spiro atoms. The predicted octanol–water partition coefficient (Wildman–Crippen LogP) is 6.82. The maximum absolute atomic E-state index is 16.0. The van der Waals surface area contributed by atoms with E-state index in [1.165, 1.54) is 32.4 Å². The highest BCUT2D eigenvalue weighted by molar-refractivity contribution is 5.52. The Morgan fingerprint density at radius 1 is 0.951 bits per heavy atom. The van der Waals surface area contributed by atoms with Crippen LogP contribution in [0.15, 0.2) is 60.7 Å². The lowest BCUT2D eigenvalue weighted by Gasteiger charge is -2.41. The van der Waals surface area contributed by atoms with Crippen molar-refractivity contribution in [2.24, 2.45) is 5.41 Å². The van der Waals surface area contributed by atoms with Crippen LogP contribution in [-0.2, 0) is 13.0 Å². The van der Waals surface area contributed by atoms with Gasteiger partial charge in [0.1, 0.15) is 29.7 Å². The van der Waals surface area contributed by atoms with Gasteiger partial charge in [-0.05, 0) is 92.4 Å². The monoisotopic (exact) mass is 563 g/mol. The average Bonchev–Trinajstić information content (AvgIpc) is 3.40. The molecule has 2 fully saturated rings. The summed E-state index contributed by atoms with van der Waals surface area (Å²) in [7, 11) is 0. The van der Waals surface area contributed by atoms with Crippen molar-refractivity contribution < 1.29 is 17.9 Å². The zero-order chi connectivity index (χ0) is 28.6. The molecule has 1 unspecified atom stereocenters. The molecule has 0 radical (unpaired) electrons. The van der Waals surface area contributed by atoms with Crippen LogP contribution in [0.2, 0.25) is 0 Å². The fourth-order valence-electron chi connectivity index (χ4n) is 6.95. The molecule has 2 saturated heterocycles. The van der Waals surface area contributed by atoms with E-state index in [0.29, 0.717) is 36.4 Å². The molecule has 3 aromatic carbocycles. The van der Waals surface area contributed by atoms with Crippen LogP contribution in [0.3, 0.4) is 0 Å². The first-order valence-corrected chi connectivity index (χ1v) is 14.9. The second-order valence-corrected chi connectivity index (χ2v) is 12.7. The van der Waals surface area contributed by atoms with Gasteiger partial charge < -0.3 is 15.0 Å². The Balaban J connectivity index is 1.28. The van der Waals surface area contributed by atoms with Crippen molar-refractivity contribution in [3.63, 3.8) is 0 Å². The third kappa shape index (κ3) is 6.12. The number of rotatable bonds is 7. The number of hydrogen-bond donors (Lipinski definition) is 1. The molecule has 218 valence electrons. The summed E-state index contributed by atoms with van der Waals surface area (Å²) in [6.45, 7) is 7.70. The summed E-state index contributed by atoms with van der Waals surface area (Å²) in [5.74, 6) is -0.444. The highest BCUT2D eigenvalue weighted by atomic mass is 19.1. The van der Waals surface area contributed by atoms with Crippen LogP contribution < -0.4 is 15.0 Å². The molecule has 0 aromatic heterocycles. The van der Waals surface area contributed by atoms with Crippen LogP contribution in [0.5, 0.6) is 5.75 Å². The van der Waals surface area contributed by atoms with Crippen molar-refractivity contribution >= 4 is 5.69 Å². The molecule has 3 aliphatic rings. The normalized spacial score (nSPS) is 20.8. The number of benzene rings is 3. The van der Waals surface area contributed by atoms with Gasteiger partial charge in [0.25, 0.3) is 0 Å². The minimum atomic E-state index is -1.51. The quantitative estimate of drug-likeness (QED) is 0.342. The van der Waals surface area contributed by atoms with Crippen molar-refractivity contribution in [3.05, 3.63) is 94.6 Å². The van der Waals surface area contributed by atoms with E-state index in [1.54, 1.807) is 0 Å². The number of ether oxygens (including phenoxy) is 1. The summed E-state index contributed by atoms with van der Waals surface area (Å²) >= 11 is 0. The van der Waals surface area contributed by atoms with Gasteiger partial charge in [-0.15, -0.1) is 0 Å². The average molecular weight is 564 g/mol.